The summed E-state index contributed by atoms with van der Waals surface area (Å²) in [6, 6.07) is 26.4. The van der Waals surface area contributed by atoms with E-state index in [1.54, 1.807) is 24.3 Å². The number of carbonyl (C=O) groups excluding carboxylic acids is 1. The smallest absolute Gasteiger partial charge is 0.251 e. The number of anilines is 1. The molecule has 0 saturated carbocycles. The predicted molar refractivity (Wildman–Crippen MR) is 132 cm³/mol. The van der Waals surface area contributed by atoms with Crippen LogP contribution in [0.2, 0.25) is 0 Å². The van der Waals surface area contributed by atoms with Crippen molar-refractivity contribution in [2.45, 2.75) is 13.0 Å². The van der Waals surface area contributed by atoms with Crippen LogP contribution < -0.4 is 9.62 Å². The summed E-state index contributed by atoms with van der Waals surface area (Å²) in [6.07, 6.45) is 2.55. The first kappa shape index (κ1) is 21.9. The monoisotopic (exact) mass is 472 g/mol. The maximum Gasteiger partial charge on any atom is 0.251 e. The normalized spacial score (nSPS) is 14.8. The average molecular weight is 473 g/mol. The van der Waals surface area contributed by atoms with E-state index in [4.69, 9.17) is 5.10 Å². The van der Waals surface area contributed by atoms with Gasteiger partial charge in [0.05, 0.1) is 22.8 Å². The largest absolute Gasteiger partial charge is 0.348 e. The lowest BCUT2D eigenvalue weighted by atomic mass is 10.1. The fourth-order valence-electron chi connectivity index (χ4n) is 4.08. The van der Waals surface area contributed by atoms with E-state index in [2.05, 4.69) is 5.32 Å². The minimum Gasteiger partial charge on any atom is -0.348 e. The Morgan fingerprint density at radius 1 is 0.882 bits per heavy atom. The standard InChI is InChI=1S/C26H24N4O3S/c31-26(21-12-14-24(15-13-21)30-16-7-17-34(30,32)33)27-18-22-19-29(23-10-5-2-6-11-23)28-25(22)20-8-3-1-4-9-20/h1-6,8-15,19H,7,16-18H2,(H,27,31). The van der Waals surface area contributed by atoms with Crippen LogP contribution in [0.5, 0.6) is 0 Å². The van der Waals surface area contributed by atoms with Crippen molar-refractivity contribution in [3.63, 3.8) is 0 Å². The summed E-state index contributed by atoms with van der Waals surface area (Å²) in [5, 5.41) is 7.74. The topological polar surface area (TPSA) is 84.3 Å². The zero-order valence-electron chi connectivity index (χ0n) is 18.5. The van der Waals surface area contributed by atoms with Gasteiger partial charge in [0.1, 0.15) is 0 Å². The van der Waals surface area contributed by atoms with E-state index in [9.17, 15) is 13.2 Å². The Morgan fingerprint density at radius 2 is 1.56 bits per heavy atom. The lowest BCUT2D eigenvalue weighted by Gasteiger charge is -2.17. The van der Waals surface area contributed by atoms with Gasteiger partial charge in [-0.05, 0) is 42.8 Å². The molecule has 1 N–H and O–H groups in total. The maximum absolute atomic E-state index is 12.8. The van der Waals surface area contributed by atoms with Gasteiger partial charge in [0.2, 0.25) is 10.0 Å². The summed E-state index contributed by atoms with van der Waals surface area (Å²) < 4.78 is 27.5. The van der Waals surface area contributed by atoms with Crippen LogP contribution in [0.15, 0.2) is 91.1 Å². The molecule has 1 fully saturated rings. The van der Waals surface area contributed by atoms with Crippen molar-refractivity contribution in [3.05, 3.63) is 102 Å². The fourth-order valence-corrected chi connectivity index (χ4v) is 5.64. The third-order valence-electron chi connectivity index (χ3n) is 5.81. The van der Waals surface area contributed by atoms with Gasteiger partial charge in [-0.15, -0.1) is 0 Å². The molecule has 5 rings (SSSR count). The lowest BCUT2D eigenvalue weighted by molar-refractivity contribution is 0.0951. The van der Waals surface area contributed by atoms with Crippen molar-refractivity contribution in [2.24, 2.45) is 0 Å². The van der Waals surface area contributed by atoms with Crippen LogP contribution in [0, 0.1) is 0 Å². The first-order chi connectivity index (χ1) is 16.5. The summed E-state index contributed by atoms with van der Waals surface area (Å²) in [4.78, 5) is 12.8. The molecule has 0 atom stereocenters. The van der Waals surface area contributed by atoms with E-state index in [1.807, 2.05) is 71.5 Å². The Hall–Kier alpha value is -3.91. The summed E-state index contributed by atoms with van der Waals surface area (Å²) in [7, 11) is -3.25. The molecule has 0 aliphatic carbocycles. The molecule has 1 aliphatic rings. The van der Waals surface area contributed by atoms with Gasteiger partial charge in [-0.2, -0.15) is 5.10 Å². The Balaban J connectivity index is 1.35. The number of amides is 1. The average Bonchev–Trinajstić information content (AvgIpc) is 3.46. The van der Waals surface area contributed by atoms with Gasteiger partial charge in [-0.25, -0.2) is 13.1 Å². The molecule has 1 saturated heterocycles. The molecule has 1 amide bonds. The minimum absolute atomic E-state index is 0.162. The second-order valence-corrected chi connectivity index (χ2v) is 10.1. The minimum atomic E-state index is -3.25. The number of nitrogens with one attached hydrogen (secondary N) is 1. The van der Waals surface area contributed by atoms with Crippen LogP contribution in [0.3, 0.4) is 0 Å². The van der Waals surface area contributed by atoms with Crippen LogP contribution >= 0.6 is 0 Å². The number of sulfonamides is 1. The van der Waals surface area contributed by atoms with Crippen molar-refractivity contribution in [3.8, 4) is 16.9 Å². The van der Waals surface area contributed by atoms with Crippen molar-refractivity contribution >= 4 is 21.6 Å². The van der Waals surface area contributed by atoms with E-state index in [0.717, 1.165) is 22.5 Å². The van der Waals surface area contributed by atoms with Crippen molar-refractivity contribution in [1.82, 2.24) is 15.1 Å². The Bertz CT molecular complexity index is 1400. The fraction of sp³-hybridized carbons (Fsp3) is 0.154. The van der Waals surface area contributed by atoms with E-state index in [-0.39, 0.29) is 11.7 Å². The lowest BCUT2D eigenvalue weighted by Crippen LogP contribution is -2.25. The van der Waals surface area contributed by atoms with Crippen molar-refractivity contribution in [1.29, 1.82) is 0 Å². The molecule has 0 bridgehead atoms. The number of nitrogens with zero attached hydrogens (tertiary/aromatic N) is 3. The van der Waals surface area contributed by atoms with Gasteiger partial charge in [0, 0.05) is 36.0 Å². The van der Waals surface area contributed by atoms with Gasteiger partial charge in [-0.1, -0.05) is 48.5 Å². The number of hydrogen-bond acceptors (Lipinski definition) is 4. The molecule has 0 radical (unpaired) electrons. The van der Waals surface area contributed by atoms with Crippen LogP contribution in [-0.4, -0.2) is 36.4 Å². The Kier molecular flexibility index (Phi) is 5.90. The molecule has 0 unspecified atom stereocenters. The van der Waals surface area contributed by atoms with Gasteiger partial charge < -0.3 is 5.32 Å². The highest BCUT2D eigenvalue weighted by atomic mass is 32.2. The second kappa shape index (κ2) is 9.15. The Morgan fingerprint density at radius 3 is 2.21 bits per heavy atom. The molecule has 172 valence electrons. The summed E-state index contributed by atoms with van der Waals surface area (Å²) >= 11 is 0. The van der Waals surface area contributed by atoms with Gasteiger partial charge in [0.25, 0.3) is 5.91 Å². The molecule has 3 aromatic carbocycles. The third-order valence-corrected chi connectivity index (χ3v) is 7.68. The van der Waals surface area contributed by atoms with Gasteiger partial charge in [0.15, 0.2) is 0 Å². The van der Waals surface area contributed by atoms with E-state index in [0.29, 0.717) is 30.8 Å². The van der Waals surface area contributed by atoms with Crippen LogP contribution in [0.25, 0.3) is 16.9 Å². The summed E-state index contributed by atoms with van der Waals surface area (Å²) in [5.41, 5.74) is 4.66. The van der Waals surface area contributed by atoms with Crippen LogP contribution in [0.1, 0.15) is 22.3 Å². The molecule has 0 spiro atoms. The van der Waals surface area contributed by atoms with Crippen molar-refractivity contribution < 1.29 is 13.2 Å². The highest BCUT2D eigenvalue weighted by Crippen LogP contribution is 2.25. The zero-order chi connectivity index (χ0) is 23.5. The predicted octanol–water partition coefficient (Wildman–Crippen LogP) is 4.01. The van der Waals surface area contributed by atoms with Crippen molar-refractivity contribution in [2.75, 3.05) is 16.6 Å². The molecule has 7 nitrogen and oxygen atoms in total. The summed E-state index contributed by atoms with van der Waals surface area (Å²) in [6.45, 7) is 0.777. The van der Waals surface area contributed by atoms with Gasteiger partial charge in [-0.3, -0.25) is 9.10 Å². The number of carbonyl (C=O) groups is 1. The molecule has 2 heterocycles. The van der Waals surface area contributed by atoms with Crippen LogP contribution in [-0.2, 0) is 16.6 Å². The number of hydrogen-bond donors (Lipinski definition) is 1. The first-order valence-electron chi connectivity index (χ1n) is 11.1. The molecule has 1 aromatic heterocycles. The van der Waals surface area contributed by atoms with E-state index in [1.165, 1.54) is 4.31 Å². The molecule has 34 heavy (non-hydrogen) atoms. The first-order valence-corrected chi connectivity index (χ1v) is 12.7. The molecule has 4 aromatic rings. The number of para-hydroxylation sites is 1. The Labute approximate surface area is 198 Å². The highest BCUT2D eigenvalue weighted by Gasteiger charge is 2.28. The molecular formula is C26H24N4O3S. The number of rotatable bonds is 6. The molecule has 1 aliphatic heterocycles. The zero-order valence-corrected chi connectivity index (χ0v) is 19.3. The second-order valence-electron chi connectivity index (χ2n) is 8.12. The summed E-state index contributed by atoms with van der Waals surface area (Å²) in [5.74, 6) is -0.0716. The SMILES string of the molecule is O=C(NCc1cn(-c2ccccc2)nc1-c1ccccc1)c1ccc(N2CCCS2(=O)=O)cc1. The number of benzene rings is 3. The molecule has 8 heteroatoms. The maximum atomic E-state index is 12.8. The van der Waals surface area contributed by atoms with E-state index >= 15 is 0 Å². The van der Waals surface area contributed by atoms with Gasteiger partial charge >= 0.3 is 0 Å². The van der Waals surface area contributed by atoms with Crippen LogP contribution in [0.4, 0.5) is 5.69 Å². The quantitative estimate of drug-likeness (QED) is 0.460. The highest BCUT2D eigenvalue weighted by molar-refractivity contribution is 7.93. The van der Waals surface area contributed by atoms with E-state index < -0.39 is 10.0 Å². The molecular weight excluding hydrogens is 448 g/mol. The third kappa shape index (κ3) is 4.45. The number of aromatic nitrogens is 2.